The first-order valence-corrected chi connectivity index (χ1v) is 7.10. The lowest BCUT2D eigenvalue weighted by Crippen LogP contribution is -2.05. The Hall–Kier alpha value is 0. The van der Waals surface area contributed by atoms with E-state index in [4.69, 9.17) is 0 Å². The minimum absolute atomic E-state index is 0.871. The SMILES string of the molecule is CCCC(CCC)CCC(C)CC(C)C. The van der Waals surface area contributed by atoms with Gasteiger partial charge in [0.15, 0.2) is 0 Å². The van der Waals surface area contributed by atoms with Gasteiger partial charge in [-0.2, -0.15) is 0 Å². The largest absolute Gasteiger partial charge is 0.0654 e. The summed E-state index contributed by atoms with van der Waals surface area (Å²) in [4.78, 5) is 0. The predicted molar refractivity (Wildman–Crippen MR) is 71.2 cm³/mol. The Morgan fingerprint density at radius 1 is 0.733 bits per heavy atom. The molecular formula is C15H32. The zero-order valence-corrected chi connectivity index (χ0v) is 11.7. The smallest absolute Gasteiger partial charge is 0.0414 e. The van der Waals surface area contributed by atoms with Gasteiger partial charge in [-0.05, 0) is 24.2 Å². The van der Waals surface area contributed by atoms with Crippen LogP contribution in [-0.2, 0) is 0 Å². The van der Waals surface area contributed by atoms with Crippen molar-refractivity contribution in [2.75, 3.05) is 0 Å². The topological polar surface area (TPSA) is 0 Å². The molecule has 0 aromatic carbocycles. The predicted octanol–water partition coefficient (Wildman–Crippen LogP) is 5.67. The Labute approximate surface area is 97.8 Å². The van der Waals surface area contributed by atoms with Gasteiger partial charge in [0.05, 0.1) is 0 Å². The van der Waals surface area contributed by atoms with Gasteiger partial charge in [-0.3, -0.25) is 0 Å². The molecule has 0 saturated carbocycles. The molecule has 0 rings (SSSR count). The van der Waals surface area contributed by atoms with E-state index in [2.05, 4.69) is 34.6 Å². The van der Waals surface area contributed by atoms with Crippen molar-refractivity contribution in [3.8, 4) is 0 Å². The summed E-state index contributed by atoms with van der Waals surface area (Å²) < 4.78 is 0. The van der Waals surface area contributed by atoms with Gasteiger partial charge in [0.25, 0.3) is 0 Å². The van der Waals surface area contributed by atoms with Crippen LogP contribution in [0.1, 0.15) is 79.6 Å². The average molecular weight is 212 g/mol. The molecule has 0 saturated heterocycles. The van der Waals surface area contributed by atoms with Crippen molar-refractivity contribution in [3.63, 3.8) is 0 Å². The molecule has 0 radical (unpaired) electrons. The molecule has 0 bridgehead atoms. The minimum atomic E-state index is 0.871. The molecule has 1 unspecified atom stereocenters. The summed E-state index contributed by atoms with van der Waals surface area (Å²) in [6, 6.07) is 0. The molecule has 0 heterocycles. The van der Waals surface area contributed by atoms with E-state index in [-0.39, 0.29) is 0 Å². The van der Waals surface area contributed by atoms with Crippen LogP contribution in [0.2, 0.25) is 0 Å². The van der Waals surface area contributed by atoms with Crippen LogP contribution in [0.5, 0.6) is 0 Å². The van der Waals surface area contributed by atoms with Crippen molar-refractivity contribution in [3.05, 3.63) is 0 Å². The Morgan fingerprint density at radius 3 is 1.67 bits per heavy atom. The van der Waals surface area contributed by atoms with Crippen molar-refractivity contribution in [2.24, 2.45) is 17.8 Å². The molecule has 0 aliphatic rings. The van der Waals surface area contributed by atoms with E-state index >= 15 is 0 Å². The molecule has 1 atom stereocenters. The van der Waals surface area contributed by atoms with E-state index in [1.165, 1.54) is 44.9 Å². The molecule has 0 aliphatic heterocycles. The van der Waals surface area contributed by atoms with Crippen molar-refractivity contribution < 1.29 is 0 Å². The zero-order valence-electron chi connectivity index (χ0n) is 11.7. The molecule has 0 heteroatoms. The quantitative estimate of drug-likeness (QED) is 0.462. The van der Waals surface area contributed by atoms with Gasteiger partial charge in [-0.1, -0.05) is 73.1 Å². The summed E-state index contributed by atoms with van der Waals surface area (Å²) in [6.07, 6.45) is 9.94. The van der Waals surface area contributed by atoms with Crippen LogP contribution in [0.3, 0.4) is 0 Å². The second-order valence-corrected chi connectivity index (χ2v) is 5.76. The molecule has 0 aromatic rings. The number of rotatable bonds is 9. The van der Waals surface area contributed by atoms with Crippen molar-refractivity contribution >= 4 is 0 Å². The zero-order chi connectivity index (χ0) is 11.7. The molecule has 0 aliphatic carbocycles. The highest BCUT2D eigenvalue weighted by Gasteiger charge is 2.10. The number of hydrogen-bond donors (Lipinski definition) is 0. The lowest BCUT2D eigenvalue weighted by molar-refractivity contribution is 0.336. The van der Waals surface area contributed by atoms with Crippen molar-refractivity contribution in [1.82, 2.24) is 0 Å². The first-order chi connectivity index (χ1) is 7.10. The van der Waals surface area contributed by atoms with Crippen LogP contribution in [0.4, 0.5) is 0 Å². The normalized spacial score (nSPS) is 13.8. The fraction of sp³-hybridized carbons (Fsp3) is 1.00. The summed E-state index contributed by atoms with van der Waals surface area (Å²) in [5.41, 5.74) is 0. The van der Waals surface area contributed by atoms with Crippen molar-refractivity contribution in [1.29, 1.82) is 0 Å². The van der Waals surface area contributed by atoms with E-state index in [0.29, 0.717) is 0 Å². The van der Waals surface area contributed by atoms with Gasteiger partial charge >= 0.3 is 0 Å². The Morgan fingerprint density at radius 2 is 1.27 bits per heavy atom. The molecule has 0 aromatic heterocycles. The van der Waals surface area contributed by atoms with Gasteiger partial charge in [0.1, 0.15) is 0 Å². The summed E-state index contributed by atoms with van der Waals surface area (Å²) in [7, 11) is 0. The number of hydrogen-bond acceptors (Lipinski definition) is 0. The van der Waals surface area contributed by atoms with E-state index in [1.807, 2.05) is 0 Å². The average Bonchev–Trinajstić information content (AvgIpc) is 2.14. The highest BCUT2D eigenvalue weighted by Crippen LogP contribution is 2.24. The van der Waals surface area contributed by atoms with E-state index in [9.17, 15) is 0 Å². The first-order valence-electron chi connectivity index (χ1n) is 7.10. The molecule has 92 valence electrons. The molecule has 15 heavy (non-hydrogen) atoms. The summed E-state index contributed by atoms with van der Waals surface area (Å²) in [5, 5.41) is 0. The third-order valence-corrected chi connectivity index (χ3v) is 3.34. The monoisotopic (exact) mass is 212 g/mol. The molecule has 0 N–H and O–H groups in total. The Kier molecular flexibility index (Phi) is 9.24. The fourth-order valence-electron chi connectivity index (χ4n) is 2.69. The summed E-state index contributed by atoms with van der Waals surface area (Å²) in [6.45, 7) is 11.7. The van der Waals surface area contributed by atoms with Crippen LogP contribution in [0.25, 0.3) is 0 Å². The molecule has 0 fully saturated rings. The fourth-order valence-corrected chi connectivity index (χ4v) is 2.69. The van der Waals surface area contributed by atoms with Gasteiger partial charge in [0.2, 0.25) is 0 Å². The van der Waals surface area contributed by atoms with Crippen LogP contribution >= 0.6 is 0 Å². The highest BCUT2D eigenvalue weighted by atomic mass is 14.2. The summed E-state index contributed by atoms with van der Waals surface area (Å²) >= 11 is 0. The van der Waals surface area contributed by atoms with Gasteiger partial charge in [0, 0.05) is 0 Å². The van der Waals surface area contributed by atoms with Crippen molar-refractivity contribution in [2.45, 2.75) is 79.6 Å². The Balaban J connectivity index is 3.67. The van der Waals surface area contributed by atoms with Crippen LogP contribution in [0, 0.1) is 17.8 Å². The third kappa shape index (κ3) is 8.96. The van der Waals surface area contributed by atoms with E-state index in [0.717, 1.165) is 17.8 Å². The maximum Gasteiger partial charge on any atom is -0.0414 e. The first kappa shape index (κ1) is 15.0. The Bertz CT molecular complexity index is 120. The highest BCUT2D eigenvalue weighted by molar-refractivity contribution is 4.63. The van der Waals surface area contributed by atoms with Gasteiger partial charge < -0.3 is 0 Å². The minimum Gasteiger partial charge on any atom is -0.0654 e. The van der Waals surface area contributed by atoms with Crippen LogP contribution < -0.4 is 0 Å². The molecule has 0 spiro atoms. The second-order valence-electron chi connectivity index (χ2n) is 5.76. The second kappa shape index (κ2) is 9.24. The molecule has 0 amide bonds. The standard InChI is InChI=1S/C15H32/c1-6-8-15(9-7-2)11-10-14(5)12-13(3)4/h13-15H,6-12H2,1-5H3. The van der Waals surface area contributed by atoms with Crippen LogP contribution in [-0.4, -0.2) is 0 Å². The maximum atomic E-state index is 2.43. The van der Waals surface area contributed by atoms with Crippen LogP contribution in [0.15, 0.2) is 0 Å². The van der Waals surface area contributed by atoms with E-state index < -0.39 is 0 Å². The molecular weight excluding hydrogens is 180 g/mol. The maximum absolute atomic E-state index is 2.43. The summed E-state index contributed by atoms with van der Waals surface area (Å²) in [5.74, 6) is 2.81. The van der Waals surface area contributed by atoms with E-state index in [1.54, 1.807) is 0 Å². The third-order valence-electron chi connectivity index (χ3n) is 3.34. The molecule has 0 nitrogen and oxygen atoms in total. The van der Waals surface area contributed by atoms with Gasteiger partial charge in [-0.15, -0.1) is 0 Å². The lowest BCUT2D eigenvalue weighted by Gasteiger charge is -2.19. The lowest BCUT2D eigenvalue weighted by atomic mass is 9.87. The van der Waals surface area contributed by atoms with Gasteiger partial charge in [-0.25, -0.2) is 0 Å².